The van der Waals surface area contributed by atoms with Crippen LogP contribution in [0.25, 0.3) is 11.5 Å². The molecule has 6 nitrogen and oxygen atoms in total. The number of carbonyl (C=O) groups is 1. The summed E-state index contributed by atoms with van der Waals surface area (Å²) >= 11 is 0. The molecule has 5 aromatic rings. The summed E-state index contributed by atoms with van der Waals surface area (Å²) in [5.41, 5.74) is 7.04. The minimum Gasteiger partial charge on any atom is -0.308 e. The third-order valence-electron chi connectivity index (χ3n) is 6.98. The van der Waals surface area contributed by atoms with E-state index in [0.717, 1.165) is 51.7 Å². The SMILES string of the molecule is CCc1nn(-c2ccccc2)c2c1CN(C(=O)Nc1ccc(C)cc1)[C@@H](c1ccccc1)c1cccn1-2. The smallest absolute Gasteiger partial charge is 0.308 e. The number of hydrogen-bond acceptors (Lipinski definition) is 2. The predicted octanol–water partition coefficient (Wildman–Crippen LogP) is 6.67. The van der Waals surface area contributed by atoms with Crippen molar-refractivity contribution in [3.05, 3.63) is 131 Å². The Bertz CT molecular complexity index is 1530. The molecular weight excluding hydrogens is 458 g/mol. The molecule has 37 heavy (non-hydrogen) atoms. The maximum absolute atomic E-state index is 14.0. The summed E-state index contributed by atoms with van der Waals surface area (Å²) in [7, 11) is 0. The number of benzene rings is 3. The quantitative estimate of drug-likeness (QED) is 0.308. The minimum absolute atomic E-state index is 0.146. The Morgan fingerprint density at radius 2 is 1.62 bits per heavy atom. The fraction of sp³-hybridized carbons (Fsp3) is 0.161. The van der Waals surface area contributed by atoms with Crippen molar-refractivity contribution >= 4 is 11.7 Å². The zero-order chi connectivity index (χ0) is 25.4. The molecule has 0 fully saturated rings. The third-order valence-corrected chi connectivity index (χ3v) is 6.98. The first-order valence-electron chi connectivity index (χ1n) is 12.7. The van der Waals surface area contributed by atoms with Crippen molar-refractivity contribution in [1.29, 1.82) is 0 Å². The first kappa shape index (κ1) is 22.9. The number of rotatable bonds is 4. The summed E-state index contributed by atoms with van der Waals surface area (Å²) in [5.74, 6) is 0.981. The highest BCUT2D eigenvalue weighted by Gasteiger charge is 2.36. The monoisotopic (exact) mass is 487 g/mol. The molecule has 6 heteroatoms. The Morgan fingerprint density at radius 3 is 2.32 bits per heavy atom. The van der Waals surface area contributed by atoms with Crippen molar-refractivity contribution in [1.82, 2.24) is 19.2 Å². The lowest BCUT2D eigenvalue weighted by atomic mass is 10.0. The van der Waals surface area contributed by atoms with E-state index in [2.05, 4.69) is 53.3 Å². The second kappa shape index (κ2) is 9.47. The van der Waals surface area contributed by atoms with Crippen molar-refractivity contribution < 1.29 is 4.79 Å². The molecule has 184 valence electrons. The highest BCUT2D eigenvalue weighted by atomic mass is 16.2. The summed E-state index contributed by atoms with van der Waals surface area (Å²) in [6.07, 6.45) is 2.84. The lowest BCUT2D eigenvalue weighted by Crippen LogP contribution is -2.38. The number of urea groups is 1. The molecule has 0 radical (unpaired) electrons. The van der Waals surface area contributed by atoms with Crippen LogP contribution in [0.3, 0.4) is 0 Å². The van der Waals surface area contributed by atoms with Gasteiger partial charge in [0.05, 0.1) is 29.7 Å². The standard InChI is InChI=1S/C31H29N5O/c1-3-27-26-21-35(31(37)32-24-18-16-22(2)17-19-24)29(23-11-6-4-7-12-23)28-15-10-20-34(28)30(26)36(33-27)25-13-8-5-9-14-25/h4-20,29H,3,21H2,1-2H3,(H,32,37)/t29-/m0/s1. The van der Waals surface area contributed by atoms with Crippen LogP contribution in [0.1, 0.15) is 41.0 Å². The molecule has 2 amide bonds. The second-order valence-corrected chi connectivity index (χ2v) is 9.39. The van der Waals surface area contributed by atoms with E-state index >= 15 is 0 Å². The Labute approximate surface area is 216 Å². The van der Waals surface area contributed by atoms with Crippen molar-refractivity contribution in [3.8, 4) is 11.5 Å². The highest BCUT2D eigenvalue weighted by molar-refractivity contribution is 5.90. The average molecular weight is 488 g/mol. The number of aromatic nitrogens is 3. The van der Waals surface area contributed by atoms with Gasteiger partial charge in [0.1, 0.15) is 5.82 Å². The molecule has 0 bridgehead atoms. The van der Waals surface area contributed by atoms with Crippen molar-refractivity contribution in [2.75, 3.05) is 5.32 Å². The van der Waals surface area contributed by atoms with Gasteiger partial charge >= 0.3 is 6.03 Å². The Kier molecular flexibility index (Phi) is 5.85. The van der Waals surface area contributed by atoms with Crippen LogP contribution in [0.2, 0.25) is 0 Å². The summed E-state index contributed by atoms with van der Waals surface area (Å²) < 4.78 is 4.21. The first-order chi connectivity index (χ1) is 18.1. The number of hydrogen-bond donors (Lipinski definition) is 1. The van der Waals surface area contributed by atoms with Crippen molar-refractivity contribution in [3.63, 3.8) is 0 Å². The van der Waals surface area contributed by atoms with Gasteiger partial charge in [-0.2, -0.15) is 5.10 Å². The molecule has 1 N–H and O–H groups in total. The molecule has 0 spiro atoms. The van der Waals surface area contributed by atoms with Gasteiger partial charge in [0.15, 0.2) is 0 Å². The van der Waals surface area contributed by atoms with E-state index in [9.17, 15) is 4.79 Å². The summed E-state index contributed by atoms with van der Waals surface area (Å²) in [5, 5.41) is 8.17. The van der Waals surface area contributed by atoms with Crippen LogP contribution in [0.5, 0.6) is 0 Å². The van der Waals surface area contributed by atoms with Crippen LogP contribution in [0.15, 0.2) is 103 Å². The molecule has 6 rings (SSSR count). The number of para-hydroxylation sites is 1. The van der Waals surface area contributed by atoms with Gasteiger partial charge in [0.25, 0.3) is 0 Å². The van der Waals surface area contributed by atoms with E-state index < -0.39 is 0 Å². The highest BCUT2D eigenvalue weighted by Crippen LogP contribution is 2.38. The van der Waals surface area contributed by atoms with E-state index in [4.69, 9.17) is 5.10 Å². The molecule has 0 aliphatic carbocycles. The van der Waals surface area contributed by atoms with E-state index in [1.807, 2.05) is 83.2 Å². The maximum Gasteiger partial charge on any atom is 0.322 e. The van der Waals surface area contributed by atoms with Gasteiger partial charge in [-0.05, 0) is 55.3 Å². The normalized spacial score (nSPS) is 14.5. The molecule has 1 aliphatic rings. The van der Waals surface area contributed by atoms with Crippen LogP contribution in [0, 0.1) is 6.92 Å². The molecule has 0 unspecified atom stereocenters. The topological polar surface area (TPSA) is 55.1 Å². The van der Waals surface area contributed by atoms with Crippen molar-refractivity contribution in [2.45, 2.75) is 32.9 Å². The molecule has 2 aromatic heterocycles. The number of nitrogens with one attached hydrogen (secondary N) is 1. The second-order valence-electron chi connectivity index (χ2n) is 9.39. The lowest BCUT2D eigenvalue weighted by Gasteiger charge is -2.31. The van der Waals surface area contributed by atoms with Gasteiger partial charge in [-0.1, -0.05) is 73.2 Å². The molecular formula is C31H29N5O. The molecule has 1 aliphatic heterocycles. The van der Waals surface area contributed by atoms with E-state index in [1.54, 1.807) is 0 Å². The van der Waals surface area contributed by atoms with Gasteiger partial charge in [-0.25, -0.2) is 9.48 Å². The van der Waals surface area contributed by atoms with Gasteiger partial charge in [0, 0.05) is 17.4 Å². The minimum atomic E-state index is -0.275. The van der Waals surface area contributed by atoms with E-state index in [1.165, 1.54) is 0 Å². The number of anilines is 1. The zero-order valence-electron chi connectivity index (χ0n) is 21.0. The molecule has 1 atom stereocenters. The summed E-state index contributed by atoms with van der Waals surface area (Å²) in [6, 6.07) is 32.1. The van der Waals surface area contributed by atoms with Crippen LogP contribution < -0.4 is 5.32 Å². The first-order valence-corrected chi connectivity index (χ1v) is 12.7. The van der Waals surface area contributed by atoms with Crippen LogP contribution in [-0.4, -0.2) is 25.3 Å². The number of amides is 2. The number of aryl methyl sites for hydroxylation is 2. The molecule has 0 saturated heterocycles. The van der Waals surface area contributed by atoms with E-state index in [0.29, 0.717) is 6.54 Å². The van der Waals surface area contributed by atoms with Gasteiger partial charge in [-0.15, -0.1) is 0 Å². The average Bonchev–Trinajstić information content (AvgIpc) is 3.52. The number of fused-ring (bicyclic) bond motifs is 3. The van der Waals surface area contributed by atoms with E-state index in [-0.39, 0.29) is 12.1 Å². The number of carbonyl (C=O) groups excluding carboxylic acids is 1. The Balaban J connectivity index is 1.54. The van der Waals surface area contributed by atoms with Crippen LogP contribution in [-0.2, 0) is 13.0 Å². The number of nitrogens with zero attached hydrogens (tertiary/aromatic N) is 4. The fourth-order valence-corrected chi connectivity index (χ4v) is 5.17. The zero-order valence-corrected chi connectivity index (χ0v) is 21.0. The van der Waals surface area contributed by atoms with Gasteiger partial charge in [-0.3, -0.25) is 0 Å². The van der Waals surface area contributed by atoms with Gasteiger partial charge in [0.2, 0.25) is 0 Å². The van der Waals surface area contributed by atoms with Crippen LogP contribution in [0.4, 0.5) is 10.5 Å². The third kappa shape index (κ3) is 4.10. The largest absolute Gasteiger partial charge is 0.322 e. The molecule has 3 heterocycles. The van der Waals surface area contributed by atoms with Crippen molar-refractivity contribution in [2.24, 2.45) is 0 Å². The van der Waals surface area contributed by atoms with Gasteiger partial charge < -0.3 is 14.8 Å². The summed E-state index contributed by atoms with van der Waals surface area (Å²) in [6.45, 7) is 4.59. The molecule has 3 aromatic carbocycles. The molecule has 0 saturated carbocycles. The summed E-state index contributed by atoms with van der Waals surface area (Å²) in [4.78, 5) is 15.9. The Hall–Kier alpha value is -4.58. The fourth-order valence-electron chi connectivity index (χ4n) is 5.17. The predicted molar refractivity (Wildman–Crippen MR) is 146 cm³/mol. The Morgan fingerprint density at radius 1 is 0.919 bits per heavy atom. The lowest BCUT2D eigenvalue weighted by molar-refractivity contribution is 0.194. The maximum atomic E-state index is 14.0. The van der Waals surface area contributed by atoms with Crippen LogP contribution >= 0.6 is 0 Å².